The van der Waals surface area contributed by atoms with Crippen molar-refractivity contribution in [1.29, 1.82) is 0 Å². The zero-order valence-electron chi connectivity index (χ0n) is 5.13. The maximum Gasteiger partial charge on any atom is 0.0844 e. The average Bonchev–Trinajstić information content (AvgIpc) is 2.23. The van der Waals surface area contributed by atoms with E-state index in [9.17, 15) is 0 Å². The molecule has 0 aliphatic carbocycles. The number of hydroxylamine groups is 2. The first-order chi connectivity index (χ1) is 3.86. The summed E-state index contributed by atoms with van der Waals surface area (Å²) in [4.78, 5) is 5.42. The molecule has 2 fully saturated rings. The van der Waals surface area contributed by atoms with E-state index in [1.807, 2.05) is 0 Å². The van der Waals surface area contributed by atoms with Crippen LogP contribution in [0.15, 0.2) is 0 Å². The molecule has 2 nitrogen and oxygen atoms in total. The first-order valence-corrected chi connectivity index (χ1v) is 3.28. The third-order valence-corrected chi connectivity index (χ3v) is 2.07. The number of hydrogen-bond donors (Lipinski definition) is 0. The van der Waals surface area contributed by atoms with Gasteiger partial charge in [-0.05, 0) is 12.3 Å². The lowest BCUT2D eigenvalue weighted by molar-refractivity contribution is -0.0913. The van der Waals surface area contributed by atoms with Crippen LogP contribution in [-0.4, -0.2) is 24.3 Å². The summed E-state index contributed by atoms with van der Waals surface area (Å²) in [5.74, 6) is 0.781. The quantitative estimate of drug-likeness (QED) is 0.457. The van der Waals surface area contributed by atoms with E-state index in [0.717, 1.165) is 19.0 Å². The molecule has 2 heterocycles. The lowest BCUT2D eigenvalue weighted by Gasteiger charge is -2.11. The maximum absolute atomic E-state index is 5.42. The van der Waals surface area contributed by atoms with E-state index in [4.69, 9.17) is 4.84 Å². The lowest BCUT2D eigenvalue weighted by Crippen LogP contribution is -2.22. The normalized spacial score (nSPS) is 52.9. The minimum atomic E-state index is 0.565. The summed E-state index contributed by atoms with van der Waals surface area (Å²) in [5, 5.41) is 2.08. The summed E-state index contributed by atoms with van der Waals surface area (Å²) in [7, 11) is 0. The van der Waals surface area contributed by atoms with Gasteiger partial charge in [-0.2, -0.15) is 5.06 Å². The Morgan fingerprint density at radius 1 is 1.62 bits per heavy atom. The highest BCUT2D eigenvalue weighted by Crippen LogP contribution is 2.28. The molecule has 0 aromatic carbocycles. The zero-order valence-corrected chi connectivity index (χ0v) is 5.13. The van der Waals surface area contributed by atoms with E-state index in [1.165, 1.54) is 6.42 Å². The Bertz CT molecular complexity index is 103. The molecular formula is C6H11NO. The third-order valence-electron chi connectivity index (χ3n) is 2.07. The molecule has 2 heteroatoms. The van der Waals surface area contributed by atoms with Crippen molar-refractivity contribution in [1.82, 2.24) is 5.06 Å². The first kappa shape index (κ1) is 4.77. The molecule has 0 aromatic rings. The molecule has 46 valence electrons. The van der Waals surface area contributed by atoms with E-state index in [1.54, 1.807) is 0 Å². The highest BCUT2D eigenvalue weighted by Gasteiger charge is 2.36. The van der Waals surface area contributed by atoms with Gasteiger partial charge in [0.05, 0.1) is 6.10 Å². The van der Waals surface area contributed by atoms with Crippen LogP contribution in [0.5, 0.6) is 0 Å². The van der Waals surface area contributed by atoms with Crippen molar-refractivity contribution in [2.24, 2.45) is 5.92 Å². The second-order valence-corrected chi connectivity index (χ2v) is 2.80. The third kappa shape index (κ3) is 0.501. The van der Waals surface area contributed by atoms with E-state index < -0.39 is 0 Å². The number of nitrogens with zero attached hydrogens (tertiary/aromatic N) is 1. The van der Waals surface area contributed by atoms with Gasteiger partial charge in [0, 0.05) is 13.1 Å². The lowest BCUT2D eigenvalue weighted by atomic mass is 10.0. The van der Waals surface area contributed by atoms with E-state index in [2.05, 4.69) is 12.0 Å². The molecule has 0 saturated carbocycles. The Morgan fingerprint density at radius 2 is 2.50 bits per heavy atom. The van der Waals surface area contributed by atoms with Crippen LogP contribution in [0.1, 0.15) is 13.3 Å². The fourth-order valence-corrected chi connectivity index (χ4v) is 1.53. The Hall–Kier alpha value is -0.0800. The monoisotopic (exact) mass is 113 g/mol. The molecule has 2 bridgehead atoms. The van der Waals surface area contributed by atoms with Gasteiger partial charge in [-0.3, -0.25) is 4.84 Å². The van der Waals surface area contributed by atoms with Crippen molar-refractivity contribution in [2.75, 3.05) is 13.1 Å². The number of hydrogen-bond acceptors (Lipinski definition) is 2. The zero-order chi connectivity index (χ0) is 5.56. The van der Waals surface area contributed by atoms with Gasteiger partial charge in [0.25, 0.3) is 0 Å². The van der Waals surface area contributed by atoms with Crippen molar-refractivity contribution >= 4 is 0 Å². The van der Waals surface area contributed by atoms with E-state index in [-0.39, 0.29) is 0 Å². The molecule has 0 aromatic heterocycles. The topological polar surface area (TPSA) is 12.5 Å². The van der Waals surface area contributed by atoms with Crippen LogP contribution in [0.3, 0.4) is 0 Å². The van der Waals surface area contributed by atoms with E-state index in [0.29, 0.717) is 6.10 Å². The van der Waals surface area contributed by atoms with Crippen LogP contribution < -0.4 is 0 Å². The summed E-state index contributed by atoms with van der Waals surface area (Å²) >= 11 is 0. The van der Waals surface area contributed by atoms with Crippen LogP contribution in [0, 0.1) is 5.92 Å². The molecule has 2 rings (SSSR count). The van der Waals surface area contributed by atoms with Crippen LogP contribution in [-0.2, 0) is 4.84 Å². The molecule has 0 amide bonds. The predicted octanol–water partition coefficient (Wildman–Crippen LogP) is 0.642. The SMILES string of the molecule is C[C@@H]1CN2CC[C@@H]1O2. The molecule has 1 unspecified atom stereocenters. The molecule has 2 saturated heterocycles. The van der Waals surface area contributed by atoms with Crippen LogP contribution >= 0.6 is 0 Å². The molecule has 8 heavy (non-hydrogen) atoms. The standard InChI is InChI=1S/C6H11NO/c1-5-4-7-3-2-6(5)8-7/h5-6H,2-4H2,1H3/t5-,6+/m1/s1. The van der Waals surface area contributed by atoms with Crippen LogP contribution in [0.25, 0.3) is 0 Å². The number of rotatable bonds is 0. The number of fused-ring (bicyclic) bond motifs is 2. The fraction of sp³-hybridized carbons (Fsp3) is 1.00. The summed E-state index contributed by atoms with van der Waals surface area (Å²) in [6.07, 6.45) is 1.82. The van der Waals surface area contributed by atoms with Crippen molar-refractivity contribution in [2.45, 2.75) is 19.4 Å². The van der Waals surface area contributed by atoms with Crippen molar-refractivity contribution in [3.8, 4) is 0 Å². The van der Waals surface area contributed by atoms with Gasteiger partial charge in [0.1, 0.15) is 0 Å². The van der Waals surface area contributed by atoms with Gasteiger partial charge >= 0.3 is 0 Å². The second-order valence-electron chi connectivity index (χ2n) is 2.80. The Morgan fingerprint density at radius 3 is 2.75 bits per heavy atom. The summed E-state index contributed by atoms with van der Waals surface area (Å²) in [6, 6.07) is 0. The van der Waals surface area contributed by atoms with Gasteiger partial charge in [0.2, 0.25) is 0 Å². The first-order valence-electron chi connectivity index (χ1n) is 3.28. The minimum absolute atomic E-state index is 0.565. The van der Waals surface area contributed by atoms with Crippen LogP contribution in [0.4, 0.5) is 0 Å². The fourth-order valence-electron chi connectivity index (χ4n) is 1.53. The highest BCUT2D eigenvalue weighted by atomic mass is 16.7. The molecule has 2 aliphatic rings. The molecule has 0 radical (unpaired) electrons. The Kier molecular flexibility index (Phi) is 0.866. The van der Waals surface area contributed by atoms with Crippen molar-refractivity contribution < 1.29 is 4.84 Å². The van der Waals surface area contributed by atoms with Crippen molar-refractivity contribution in [3.63, 3.8) is 0 Å². The smallest absolute Gasteiger partial charge is 0.0844 e. The van der Waals surface area contributed by atoms with Gasteiger partial charge in [-0.25, -0.2) is 0 Å². The van der Waals surface area contributed by atoms with Crippen LogP contribution in [0.2, 0.25) is 0 Å². The Labute approximate surface area is 49.4 Å². The maximum atomic E-state index is 5.42. The summed E-state index contributed by atoms with van der Waals surface area (Å²) in [5.41, 5.74) is 0. The van der Waals surface area contributed by atoms with Gasteiger partial charge in [-0.1, -0.05) is 6.92 Å². The van der Waals surface area contributed by atoms with Gasteiger partial charge in [-0.15, -0.1) is 0 Å². The average molecular weight is 113 g/mol. The second kappa shape index (κ2) is 1.45. The minimum Gasteiger partial charge on any atom is -0.295 e. The molecule has 2 aliphatic heterocycles. The summed E-state index contributed by atoms with van der Waals surface area (Å²) < 4.78 is 0. The Balaban J connectivity index is 2.11. The van der Waals surface area contributed by atoms with Crippen molar-refractivity contribution in [3.05, 3.63) is 0 Å². The predicted molar refractivity (Wildman–Crippen MR) is 30.2 cm³/mol. The van der Waals surface area contributed by atoms with E-state index >= 15 is 0 Å². The largest absolute Gasteiger partial charge is 0.295 e. The number of piperidine rings is 1. The summed E-state index contributed by atoms with van der Waals surface area (Å²) in [6.45, 7) is 4.57. The molecule has 3 atom stereocenters. The highest BCUT2D eigenvalue weighted by molar-refractivity contribution is 4.80. The van der Waals surface area contributed by atoms with Gasteiger partial charge in [0.15, 0.2) is 0 Å². The molecular weight excluding hydrogens is 102 g/mol. The molecule has 0 N–H and O–H groups in total. The molecule has 0 spiro atoms. The van der Waals surface area contributed by atoms with Gasteiger partial charge < -0.3 is 0 Å².